The molecule has 16 heavy (non-hydrogen) atoms. The lowest BCUT2D eigenvalue weighted by molar-refractivity contribution is 0.414. The molecule has 1 unspecified atom stereocenters. The van der Waals surface area contributed by atoms with Crippen LogP contribution < -0.4 is 5.32 Å². The van der Waals surface area contributed by atoms with Crippen LogP contribution in [-0.4, -0.2) is 6.04 Å². The van der Waals surface area contributed by atoms with Gasteiger partial charge in [-0.1, -0.05) is 37.8 Å². The summed E-state index contributed by atoms with van der Waals surface area (Å²) in [6.45, 7) is 0. The lowest BCUT2D eigenvalue weighted by Crippen LogP contribution is -2.36. The Hall–Kier alpha value is -0.720. The predicted molar refractivity (Wildman–Crippen MR) is 68.1 cm³/mol. The molecule has 1 heteroatoms. The average Bonchev–Trinajstić information content (AvgIpc) is 3.03. The van der Waals surface area contributed by atoms with Crippen molar-refractivity contribution in [3.8, 4) is 0 Å². The Balaban J connectivity index is 1.64. The molecule has 2 saturated carbocycles. The van der Waals surface area contributed by atoms with Gasteiger partial charge >= 0.3 is 0 Å². The molecule has 1 heterocycles. The summed E-state index contributed by atoms with van der Waals surface area (Å²) in [6.07, 6.45) is 18.4. The molecule has 0 bridgehead atoms. The highest BCUT2D eigenvalue weighted by molar-refractivity contribution is 5.23. The fourth-order valence-electron chi connectivity index (χ4n) is 3.65. The van der Waals surface area contributed by atoms with Gasteiger partial charge in [-0.3, -0.25) is 0 Å². The van der Waals surface area contributed by atoms with E-state index in [4.69, 9.17) is 0 Å². The normalized spacial score (nSPS) is 31.8. The maximum Gasteiger partial charge on any atom is 0.0472 e. The minimum atomic E-state index is 0.642. The predicted octanol–water partition coefficient (Wildman–Crippen LogP) is 3.78. The first-order chi connectivity index (χ1) is 7.93. The Morgan fingerprint density at radius 3 is 2.38 bits per heavy atom. The Kier molecular flexibility index (Phi) is 3.03. The van der Waals surface area contributed by atoms with E-state index in [1.54, 1.807) is 0 Å². The highest BCUT2D eigenvalue weighted by atomic mass is 14.9. The van der Waals surface area contributed by atoms with Crippen molar-refractivity contribution in [2.45, 2.75) is 57.4 Å². The van der Waals surface area contributed by atoms with Crippen molar-refractivity contribution in [2.75, 3.05) is 0 Å². The van der Waals surface area contributed by atoms with E-state index in [0.29, 0.717) is 6.04 Å². The smallest absolute Gasteiger partial charge is 0.0472 e. The van der Waals surface area contributed by atoms with Crippen molar-refractivity contribution in [2.24, 2.45) is 11.8 Å². The van der Waals surface area contributed by atoms with Crippen LogP contribution in [0.15, 0.2) is 23.9 Å². The summed E-state index contributed by atoms with van der Waals surface area (Å²) in [5.41, 5.74) is 1.54. The lowest BCUT2D eigenvalue weighted by atomic mass is 9.92. The summed E-state index contributed by atoms with van der Waals surface area (Å²) in [5, 5.41) is 3.81. The molecule has 0 spiro atoms. The van der Waals surface area contributed by atoms with Gasteiger partial charge in [0.2, 0.25) is 0 Å². The fraction of sp³-hybridized carbons (Fsp3) is 0.733. The van der Waals surface area contributed by atoms with E-state index in [0.717, 1.165) is 11.8 Å². The molecule has 0 radical (unpaired) electrons. The molecule has 0 saturated heterocycles. The molecule has 0 aromatic heterocycles. The van der Waals surface area contributed by atoms with Crippen LogP contribution in [0.4, 0.5) is 0 Å². The second-order valence-corrected chi connectivity index (χ2v) is 5.70. The van der Waals surface area contributed by atoms with Gasteiger partial charge < -0.3 is 5.32 Å². The zero-order chi connectivity index (χ0) is 10.8. The third-order valence-corrected chi connectivity index (χ3v) is 4.63. The second kappa shape index (κ2) is 4.65. The molecule has 1 atom stereocenters. The number of allylic oxidation sites excluding steroid dienone is 3. The van der Waals surface area contributed by atoms with Crippen molar-refractivity contribution < 1.29 is 0 Å². The number of nitrogens with one attached hydrogen (secondary N) is 1. The Labute approximate surface area is 99.0 Å². The highest BCUT2D eigenvalue weighted by Gasteiger charge is 2.27. The van der Waals surface area contributed by atoms with Crippen molar-refractivity contribution in [3.05, 3.63) is 23.9 Å². The molecular formula is C15H23N. The van der Waals surface area contributed by atoms with Gasteiger partial charge in [0.25, 0.3) is 0 Å². The van der Waals surface area contributed by atoms with E-state index in [-0.39, 0.29) is 0 Å². The molecule has 0 aromatic rings. The summed E-state index contributed by atoms with van der Waals surface area (Å²) in [6, 6.07) is 0.642. The molecule has 1 aliphatic heterocycles. The largest absolute Gasteiger partial charge is 0.382 e. The van der Waals surface area contributed by atoms with Crippen LogP contribution in [-0.2, 0) is 0 Å². The van der Waals surface area contributed by atoms with E-state index in [1.165, 1.54) is 57.1 Å². The number of dihydropyridines is 1. The fourth-order valence-corrected chi connectivity index (χ4v) is 3.65. The minimum absolute atomic E-state index is 0.642. The molecule has 3 aliphatic rings. The summed E-state index contributed by atoms with van der Waals surface area (Å²) >= 11 is 0. The number of rotatable bonds is 2. The first kappa shape index (κ1) is 10.4. The third-order valence-electron chi connectivity index (χ3n) is 4.63. The Bertz CT molecular complexity index is 291. The quantitative estimate of drug-likeness (QED) is 0.742. The van der Waals surface area contributed by atoms with Crippen molar-refractivity contribution in [3.63, 3.8) is 0 Å². The van der Waals surface area contributed by atoms with Crippen LogP contribution in [0.1, 0.15) is 51.4 Å². The van der Waals surface area contributed by atoms with Crippen molar-refractivity contribution >= 4 is 0 Å². The second-order valence-electron chi connectivity index (χ2n) is 5.70. The van der Waals surface area contributed by atoms with Gasteiger partial charge in [0, 0.05) is 11.7 Å². The summed E-state index contributed by atoms with van der Waals surface area (Å²) in [4.78, 5) is 0. The highest BCUT2D eigenvalue weighted by Crippen LogP contribution is 2.34. The molecule has 0 aromatic carbocycles. The van der Waals surface area contributed by atoms with Crippen LogP contribution >= 0.6 is 0 Å². The molecule has 2 fully saturated rings. The van der Waals surface area contributed by atoms with Gasteiger partial charge in [0.05, 0.1) is 0 Å². The molecular weight excluding hydrogens is 194 g/mol. The van der Waals surface area contributed by atoms with Crippen molar-refractivity contribution in [1.82, 2.24) is 5.32 Å². The first-order valence-electron chi connectivity index (χ1n) is 7.08. The molecule has 0 amide bonds. The van der Waals surface area contributed by atoms with Gasteiger partial charge in [0.15, 0.2) is 0 Å². The van der Waals surface area contributed by atoms with E-state index in [1.807, 2.05) is 0 Å². The zero-order valence-corrected chi connectivity index (χ0v) is 10.1. The van der Waals surface area contributed by atoms with E-state index in [2.05, 4.69) is 23.5 Å². The van der Waals surface area contributed by atoms with Gasteiger partial charge in [-0.15, -0.1) is 0 Å². The van der Waals surface area contributed by atoms with Crippen LogP contribution in [0.3, 0.4) is 0 Å². The van der Waals surface area contributed by atoms with E-state index in [9.17, 15) is 0 Å². The molecule has 1 N–H and O–H groups in total. The summed E-state index contributed by atoms with van der Waals surface area (Å²) < 4.78 is 0. The van der Waals surface area contributed by atoms with Crippen LogP contribution in [0.25, 0.3) is 0 Å². The van der Waals surface area contributed by atoms with Crippen LogP contribution in [0, 0.1) is 11.8 Å². The zero-order valence-electron chi connectivity index (χ0n) is 10.1. The SMILES string of the molecule is C1=CC(C2CCCC2)NC(C2CCCC2)=C1. The average molecular weight is 217 g/mol. The van der Waals surface area contributed by atoms with Crippen LogP contribution in [0.2, 0.25) is 0 Å². The van der Waals surface area contributed by atoms with E-state index >= 15 is 0 Å². The van der Waals surface area contributed by atoms with Crippen LogP contribution in [0.5, 0.6) is 0 Å². The number of hydrogen-bond donors (Lipinski definition) is 1. The minimum Gasteiger partial charge on any atom is -0.382 e. The maximum atomic E-state index is 3.81. The topological polar surface area (TPSA) is 12.0 Å². The third kappa shape index (κ3) is 2.05. The summed E-state index contributed by atoms with van der Waals surface area (Å²) in [5.74, 6) is 1.75. The Morgan fingerprint density at radius 2 is 1.62 bits per heavy atom. The molecule has 1 nitrogen and oxygen atoms in total. The lowest BCUT2D eigenvalue weighted by Gasteiger charge is -2.29. The van der Waals surface area contributed by atoms with Gasteiger partial charge in [0.1, 0.15) is 0 Å². The molecule has 88 valence electrons. The number of hydrogen-bond acceptors (Lipinski definition) is 1. The molecule has 3 rings (SSSR count). The maximum absolute atomic E-state index is 3.81. The van der Waals surface area contributed by atoms with Gasteiger partial charge in [-0.2, -0.15) is 0 Å². The Morgan fingerprint density at radius 1 is 0.938 bits per heavy atom. The van der Waals surface area contributed by atoms with Gasteiger partial charge in [-0.05, 0) is 43.6 Å². The summed E-state index contributed by atoms with van der Waals surface area (Å²) in [7, 11) is 0. The standard InChI is InChI=1S/C15H23N/c1-2-7-12(6-1)14-10-5-11-15(16-14)13-8-3-4-9-13/h5,10-14,16H,1-4,6-9H2. The van der Waals surface area contributed by atoms with E-state index < -0.39 is 0 Å². The van der Waals surface area contributed by atoms with Crippen molar-refractivity contribution in [1.29, 1.82) is 0 Å². The first-order valence-corrected chi connectivity index (χ1v) is 7.08. The van der Waals surface area contributed by atoms with Gasteiger partial charge in [-0.25, -0.2) is 0 Å². The molecule has 2 aliphatic carbocycles. The monoisotopic (exact) mass is 217 g/mol.